The molecule has 1 N–H and O–H groups in total. The van der Waals surface area contributed by atoms with Crippen molar-refractivity contribution < 1.29 is 13.2 Å². The van der Waals surface area contributed by atoms with Gasteiger partial charge in [0.05, 0.1) is 16.3 Å². The van der Waals surface area contributed by atoms with E-state index < -0.39 is 10.0 Å². The summed E-state index contributed by atoms with van der Waals surface area (Å²) < 4.78 is 25.9. The maximum atomic E-state index is 12.6. The average molecular weight is 361 g/mol. The summed E-state index contributed by atoms with van der Waals surface area (Å²) in [4.78, 5) is 14.6. The van der Waals surface area contributed by atoms with Crippen LogP contribution < -0.4 is 10.2 Å². The van der Waals surface area contributed by atoms with Crippen molar-refractivity contribution in [3.63, 3.8) is 0 Å². The quantitative estimate of drug-likeness (QED) is 0.889. The number of nitrogens with zero attached hydrogens (tertiary/aromatic N) is 2. The van der Waals surface area contributed by atoms with E-state index >= 15 is 0 Å². The van der Waals surface area contributed by atoms with Crippen LogP contribution in [0.3, 0.4) is 0 Å². The lowest BCUT2D eigenvalue weighted by molar-refractivity contribution is 0.102. The van der Waals surface area contributed by atoms with Crippen LogP contribution in [0.15, 0.2) is 47.4 Å². The molecule has 0 aromatic heterocycles. The highest BCUT2D eigenvalue weighted by molar-refractivity contribution is 7.89. The molecule has 0 fully saturated rings. The first-order chi connectivity index (χ1) is 11.6. The van der Waals surface area contributed by atoms with Crippen LogP contribution in [0.5, 0.6) is 0 Å². The number of hydrogen-bond acceptors (Lipinski definition) is 4. The third-order valence-electron chi connectivity index (χ3n) is 3.87. The molecule has 0 radical (unpaired) electrons. The minimum absolute atomic E-state index is 0.128. The fourth-order valence-corrected chi connectivity index (χ4v) is 3.32. The average Bonchev–Trinajstić information content (AvgIpc) is 2.54. The van der Waals surface area contributed by atoms with Gasteiger partial charge in [-0.2, -0.15) is 0 Å². The number of sulfonamides is 1. The first kappa shape index (κ1) is 19.0. The summed E-state index contributed by atoms with van der Waals surface area (Å²) in [6.07, 6.45) is 0. The van der Waals surface area contributed by atoms with Crippen LogP contribution in [-0.4, -0.2) is 46.8 Å². The van der Waals surface area contributed by atoms with Crippen LogP contribution >= 0.6 is 0 Å². The second kappa shape index (κ2) is 7.25. The Bertz CT molecular complexity index is 890. The summed E-state index contributed by atoms with van der Waals surface area (Å²) in [5, 5.41) is 2.84. The van der Waals surface area contributed by atoms with Crippen molar-refractivity contribution in [1.82, 2.24) is 4.31 Å². The molecule has 134 valence electrons. The van der Waals surface area contributed by atoms with Gasteiger partial charge >= 0.3 is 0 Å². The summed E-state index contributed by atoms with van der Waals surface area (Å²) in [5.41, 5.74) is 2.57. The summed E-state index contributed by atoms with van der Waals surface area (Å²) >= 11 is 0. The van der Waals surface area contributed by atoms with E-state index in [4.69, 9.17) is 0 Å². The summed E-state index contributed by atoms with van der Waals surface area (Å²) in [6, 6.07) is 12.0. The van der Waals surface area contributed by atoms with Crippen LogP contribution in [-0.2, 0) is 10.0 Å². The molecule has 0 saturated heterocycles. The monoisotopic (exact) mass is 361 g/mol. The highest BCUT2D eigenvalue weighted by atomic mass is 32.2. The molecule has 0 aliphatic carbocycles. The van der Waals surface area contributed by atoms with Crippen molar-refractivity contribution in [2.75, 3.05) is 38.4 Å². The van der Waals surface area contributed by atoms with E-state index in [1.54, 1.807) is 18.2 Å². The second-order valence-corrected chi connectivity index (χ2v) is 8.28. The van der Waals surface area contributed by atoms with E-state index in [-0.39, 0.29) is 10.8 Å². The highest BCUT2D eigenvalue weighted by Gasteiger charge is 2.20. The number of benzene rings is 2. The number of carbonyl (C=O) groups is 1. The Kier molecular flexibility index (Phi) is 5.49. The zero-order chi connectivity index (χ0) is 18.8. The van der Waals surface area contributed by atoms with Crippen molar-refractivity contribution in [3.05, 3.63) is 53.6 Å². The van der Waals surface area contributed by atoms with Gasteiger partial charge < -0.3 is 10.2 Å². The highest BCUT2D eigenvalue weighted by Crippen LogP contribution is 2.29. The van der Waals surface area contributed by atoms with Gasteiger partial charge in [0.15, 0.2) is 0 Å². The molecular weight excluding hydrogens is 338 g/mol. The maximum absolute atomic E-state index is 12.6. The molecule has 25 heavy (non-hydrogen) atoms. The standard InChI is InChI=1S/C18H23N3O3S/c1-13-8-6-7-9-15(13)18(22)19-16-12-14(25(23,24)21(4)5)10-11-17(16)20(2)3/h6-12H,1-5H3,(H,19,22). The largest absolute Gasteiger partial charge is 0.376 e. The molecule has 0 atom stereocenters. The van der Waals surface area contributed by atoms with Gasteiger partial charge in [-0.15, -0.1) is 0 Å². The van der Waals surface area contributed by atoms with Gasteiger partial charge in [0.2, 0.25) is 10.0 Å². The van der Waals surface area contributed by atoms with Crippen molar-refractivity contribution in [1.29, 1.82) is 0 Å². The van der Waals surface area contributed by atoms with Crippen molar-refractivity contribution >= 4 is 27.3 Å². The minimum atomic E-state index is -3.59. The maximum Gasteiger partial charge on any atom is 0.255 e. The smallest absolute Gasteiger partial charge is 0.255 e. The van der Waals surface area contributed by atoms with Crippen molar-refractivity contribution in [2.45, 2.75) is 11.8 Å². The third-order valence-corrected chi connectivity index (χ3v) is 5.68. The first-order valence-electron chi connectivity index (χ1n) is 7.75. The molecule has 0 saturated carbocycles. The zero-order valence-corrected chi connectivity index (χ0v) is 15.9. The van der Waals surface area contributed by atoms with Crippen LogP contribution in [0.25, 0.3) is 0 Å². The molecule has 0 aliphatic rings. The van der Waals surface area contributed by atoms with E-state index in [0.717, 1.165) is 15.6 Å². The molecule has 0 bridgehead atoms. The Labute approximate surface area is 149 Å². The minimum Gasteiger partial charge on any atom is -0.376 e. The fraction of sp³-hybridized carbons (Fsp3) is 0.278. The van der Waals surface area contributed by atoms with Gasteiger partial charge in [-0.25, -0.2) is 12.7 Å². The van der Waals surface area contributed by atoms with Gasteiger partial charge in [0.25, 0.3) is 5.91 Å². The Balaban J connectivity index is 2.48. The molecule has 7 heteroatoms. The van der Waals surface area contributed by atoms with Crippen LogP contribution in [0.2, 0.25) is 0 Å². The number of hydrogen-bond donors (Lipinski definition) is 1. The number of aryl methyl sites for hydroxylation is 1. The van der Waals surface area contributed by atoms with Crippen molar-refractivity contribution in [3.8, 4) is 0 Å². The summed E-state index contributed by atoms with van der Waals surface area (Å²) in [5.74, 6) is -0.277. The second-order valence-electron chi connectivity index (χ2n) is 6.13. The molecule has 0 aliphatic heterocycles. The Morgan fingerprint density at radius 1 is 1.00 bits per heavy atom. The molecule has 2 rings (SSSR count). The predicted octanol–water partition coefficient (Wildman–Crippen LogP) is 2.56. The predicted molar refractivity (Wildman–Crippen MR) is 101 cm³/mol. The number of rotatable bonds is 5. The number of nitrogens with one attached hydrogen (secondary N) is 1. The van der Waals surface area contributed by atoms with Gasteiger partial charge in [-0.1, -0.05) is 18.2 Å². The third kappa shape index (κ3) is 4.00. The van der Waals surface area contributed by atoms with E-state index in [9.17, 15) is 13.2 Å². The lowest BCUT2D eigenvalue weighted by Crippen LogP contribution is -2.23. The Morgan fingerprint density at radius 3 is 2.20 bits per heavy atom. The van der Waals surface area contributed by atoms with E-state index in [1.165, 1.54) is 26.2 Å². The van der Waals surface area contributed by atoms with E-state index in [0.29, 0.717) is 11.3 Å². The molecule has 6 nitrogen and oxygen atoms in total. The van der Waals surface area contributed by atoms with Gasteiger partial charge in [-0.05, 0) is 36.8 Å². The van der Waals surface area contributed by atoms with Gasteiger partial charge in [-0.3, -0.25) is 4.79 Å². The van der Waals surface area contributed by atoms with Crippen molar-refractivity contribution in [2.24, 2.45) is 0 Å². The molecule has 1 amide bonds. The first-order valence-corrected chi connectivity index (χ1v) is 9.19. The van der Waals surface area contributed by atoms with Crippen LogP contribution in [0.4, 0.5) is 11.4 Å². The number of anilines is 2. The fourth-order valence-electron chi connectivity index (χ4n) is 2.39. The number of amides is 1. The Morgan fingerprint density at radius 2 is 1.64 bits per heavy atom. The van der Waals surface area contributed by atoms with Crippen LogP contribution in [0, 0.1) is 6.92 Å². The molecule has 2 aromatic carbocycles. The molecule has 0 heterocycles. The van der Waals surface area contributed by atoms with Crippen LogP contribution in [0.1, 0.15) is 15.9 Å². The SMILES string of the molecule is Cc1ccccc1C(=O)Nc1cc(S(=O)(=O)N(C)C)ccc1N(C)C. The van der Waals surface area contributed by atoms with Gasteiger partial charge in [0, 0.05) is 33.8 Å². The topological polar surface area (TPSA) is 69.7 Å². The molecule has 0 spiro atoms. The molecule has 2 aromatic rings. The lowest BCUT2D eigenvalue weighted by atomic mass is 10.1. The lowest BCUT2D eigenvalue weighted by Gasteiger charge is -2.20. The number of carbonyl (C=O) groups excluding carboxylic acids is 1. The molecule has 0 unspecified atom stereocenters. The summed E-state index contributed by atoms with van der Waals surface area (Å²) in [6.45, 7) is 1.86. The van der Waals surface area contributed by atoms with Gasteiger partial charge in [0.1, 0.15) is 0 Å². The Hall–Kier alpha value is -2.38. The van der Waals surface area contributed by atoms with E-state index in [2.05, 4.69) is 5.32 Å². The van der Waals surface area contributed by atoms with E-state index in [1.807, 2.05) is 38.1 Å². The zero-order valence-electron chi connectivity index (χ0n) is 15.1. The normalized spacial score (nSPS) is 11.4. The molecular formula is C18H23N3O3S. The summed E-state index contributed by atoms with van der Waals surface area (Å²) in [7, 11) is 3.02.